The van der Waals surface area contributed by atoms with Gasteiger partial charge in [-0.05, 0) is 35.7 Å². The number of aromatic nitrogens is 2. The Morgan fingerprint density at radius 1 is 1.23 bits per heavy atom. The second-order valence-electron chi connectivity index (χ2n) is 6.10. The van der Waals surface area contributed by atoms with Gasteiger partial charge in [0, 0.05) is 31.3 Å². The Hall–Kier alpha value is -3.00. The van der Waals surface area contributed by atoms with Gasteiger partial charge in [-0.3, -0.25) is 9.59 Å². The summed E-state index contributed by atoms with van der Waals surface area (Å²) in [4.78, 5) is 30.7. The Morgan fingerprint density at radius 2 is 2.00 bits per heavy atom. The zero-order valence-electron chi connectivity index (χ0n) is 14.0. The van der Waals surface area contributed by atoms with Gasteiger partial charge in [-0.1, -0.05) is 11.2 Å². The van der Waals surface area contributed by atoms with Crippen LogP contribution in [0.3, 0.4) is 0 Å². The van der Waals surface area contributed by atoms with Crippen LogP contribution in [0.2, 0.25) is 0 Å². The third-order valence-electron chi connectivity index (χ3n) is 4.15. The molecule has 0 aliphatic carbocycles. The molecule has 3 heterocycles. The van der Waals surface area contributed by atoms with E-state index < -0.39 is 0 Å². The molecule has 1 fully saturated rings. The largest absolute Gasteiger partial charge is 0.339 e. The number of rotatable bonds is 4. The minimum Gasteiger partial charge on any atom is -0.339 e. The highest BCUT2D eigenvalue weighted by Crippen LogP contribution is 2.30. The van der Waals surface area contributed by atoms with Crippen LogP contribution in [0.5, 0.6) is 0 Å². The van der Waals surface area contributed by atoms with E-state index in [0.29, 0.717) is 36.1 Å². The summed E-state index contributed by atoms with van der Waals surface area (Å²) in [6, 6.07) is 10.7. The minimum absolute atomic E-state index is 0.0476. The summed E-state index contributed by atoms with van der Waals surface area (Å²) >= 11 is 1.56. The lowest BCUT2D eigenvalue weighted by Crippen LogP contribution is -2.48. The first kappa shape index (κ1) is 16.5. The molecule has 8 heteroatoms. The first-order valence-electron chi connectivity index (χ1n) is 8.14. The van der Waals surface area contributed by atoms with Crippen molar-refractivity contribution in [3.05, 3.63) is 53.2 Å². The molecule has 7 nitrogen and oxygen atoms in total. The number of carbonyl (C=O) groups excluding carboxylic acids is 2. The van der Waals surface area contributed by atoms with E-state index in [9.17, 15) is 9.59 Å². The maximum absolute atomic E-state index is 12.5. The van der Waals surface area contributed by atoms with Gasteiger partial charge in [-0.15, -0.1) is 11.3 Å². The Bertz CT molecular complexity index is 928. The zero-order valence-corrected chi connectivity index (χ0v) is 14.8. The van der Waals surface area contributed by atoms with Crippen molar-refractivity contribution < 1.29 is 14.1 Å². The van der Waals surface area contributed by atoms with Crippen LogP contribution in [0, 0.1) is 0 Å². The monoisotopic (exact) mass is 368 g/mol. The molecule has 2 aromatic heterocycles. The molecule has 0 atom stereocenters. The summed E-state index contributed by atoms with van der Waals surface area (Å²) in [5.41, 5.74) is 1.25. The smallest absolute Gasteiger partial charge is 0.253 e. The second kappa shape index (κ2) is 6.72. The highest BCUT2D eigenvalue weighted by Gasteiger charge is 2.36. The number of anilines is 1. The van der Waals surface area contributed by atoms with Crippen LogP contribution in [-0.4, -0.2) is 39.9 Å². The van der Waals surface area contributed by atoms with Gasteiger partial charge in [0.1, 0.15) is 0 Å². The van der Waals surface area contributed by atoms with Gasteiger partial charge in [-0.2, -0.15) is 4.98 Å². The maximum Gasteiger partial charge on any atom is 0.253 e. The van der Waals surface area contributed by atoms with Gasteiger partial charge < -0.3 is 14.7 Å². The van der Waals surface area contributed by atoms with Crippen molar-refractivity contribution in [2.45, 2.75) is 12.8 Å². The molecular weight excluding hydrogens is 352 g/mol. The lowest BCUT2D eigenvalue weighted by molar-refractivity contribution is -0.114. The molecule has 1 saturated heterocycles. The van der Waals surface area contributed by atoms with Crippen LogP contribution in [0.15, 0.2) is 46.3 Å². The summed E-state index contributed by atoms with van der Waals surface area (Å²) in [5.74, 6) is 1.04. The van der Waals surface area contributed by atoms with Crippen LogP contribution >= 0.6 is 11.3 Å². The number of amides is 2. The van der Waals surface area contributed by atoms with Crippen molar-refractivity contribution in [3.63, 3.8) is 0 Å². The molecule has 1 aromatic carbocycles. The Balaban J connectivity index is 1.37. The van der Waals surface area contributed by atoms with E-state index in [2.05, 4.69) is 15.5 Å². The van der Waals surface area contributed by atoms with E-state index in [4.69, 9.17) is 4.52 Å². The standard InChI is InChI=1S/C18H16N4O3S/c1-11(23)19-14-6-4-12(5-7-14)18(24)22-9-13(10-22)17-20-16(21-25-17)15-3-2-8-26-15/h2-8,13H,9-10H2,1H3,(H,19,23). The van der Waals surface area contributed by atoms with Crippen molar-refractivity contribution in [2.24, 2.45) is 0 Å². The Labute approximate surface area is 153 Å². The number of carbonyl (C=O) groups is 2. The number of nitrogens with zero attached hydrogens (tertiary/aromatic N) is 3. The van der Waals surface area contributed by atoms with E-state index in [1.54, 1.807) is 40.5 Å². The Kier molecular flexibility index (Phi) is 4.26. The summed E-state index contributed by atoms with van der Waals surface area (Å²) in [7, 11) is 0. The van der Waals surface area contributed by atoms with Gasteiger partial charge in [0.2, 0.25) is 17.6 Å². The number of likely N-dealkylation sites (tertiary alicyclic amines) is 1. The molecule has 0 spiro atoms. The van der Waals surface area contributed by atoms with E-state index in [-0.39, 0.29) is 17.7 Å². The van der Waals surface area contributed by atoms with Crippen molar-refractivity contribution in [1.29, 1.82) is 0 Å². The van der Waals surface area contributed by atoms with Gasteiger partial charge in [-0.25, -0.2) is 0 Å². The van der Waals surface area contributed by atoms with Crippen molar-refractivity contribution in [3.8, 4) is 10.7 Å². The van der Waals surface area contributed by atoms with Gasteiger partial charge in [0.05, 0.1) is 10.8 Å². The van der Waals surface area contributed by atoms with Crippen LogP contribution in [0.4, 0.5) is 5.69 Å². The van der Waals surface area contributed by atoms with Crippen LogP contribution < -0.4 is 5.32 Å². The molecule has 1 N–H and O–H groups in total. The first-order valence-corrected chi connectivity index (χ1v) is 9.02. The van der Waals surface area contributed by atoms with Gasteiger partial charge in [0.25, 0.3) is 5.91 Å². The SMILES string of the molecule is CC(=O)Nc1ccc(C(=O)N2CC(c3nc(-c4cccs4)no3)C2)cc1. The molecule has 0 bridgehead atoms. The number of benzene rings is 1. The molecule has 4 rings (SSSR count). The average molecular weight is 368 g/mol. The highest BCUT2D eigenvalue weighted by atomic mass is 32.1. The zero-order chi connectivity index (χ0) is 18.1. The van der Waals surface area contributed by atoms with E-state index in [0.717, 1.165) is 4.88 Å². The van der Waals surface area contributed by atoms with Crippen LogP contribution in [0.1, 0.15) is 29.1 Å². The minimum atomic E-state index is -0.142. The van der Waals surface area contributed by atoms with Gasteiger partial charge in [0.15, 0.2) is 0 Å². The van der Waals surface area contributed by atoms with E-state index in [1.165, 1.54) is 6.92 Å². The third kappa shape index (κ3) is 3.23. The Morgan fingerprint density at radius 3 is 2.65 bits per heavy atom. The van der Waals surface area contributed by atoms with Crippen molar-refractivity contribution in [1.82, 2.24) is 15.0 Å². The molecule has 3 aromatic rings. The molecule has 132 valence electrons. The molecule has 26 heavy (non-hydrogen) atoms. The van der Waals surface area contributed by atoms with Crippen LogP contribution in [-0.2, 0) is 4.79 Å². The number of nitrogens with one attached hydrogen (secondary N) is 1. The topological polar surface area (TPSA) is 88.3 Å². The fourth-order valence-electron chi connectivity index (χ4n) is 2.79. The molecular formula is C18H16N4O3S. The molecule has 0 unspecified atom stereocenters. The maximum atomic E-state index is 12.5. The second-order valence-corrected chi connectivity index (χ2v) is 7.05. The average Bonchev–Trinajstić information content (AvgIpc) is 3.25. The first-order chi connectivity index (χ1) is 12.6. The number of hydrogen-bond acceptors (Lipinski definition) is 6. The molecule has 0 saturated carbocycles. The van der Waals surface area contributed by atoms with Crippen molar-refractivity contribution in [2.75, 3.05) is 18.4 Å². The summed E-state index contributed by atoms with van der Waals surface area (Å²) < 4.78 is 5.35. The fourth-order valence-corrected chi connectivity index (χ4v) is 3.44. The summed E-state index contributed by atoms with van der Waals surface area (Å²) in [5, 5.41) is 8.65. The molecule has 2 amide bonds. The normalized spacial score (nSPS) is 14.1. The number of thiophene rings is 1. The quantitative estimate of drug-likeness (QED) is 0.765. The van der Waals surface area contributed by atoms with E-state index >= 15 is 0 Å². The highest BCUT2D eigenvalue weighted by molar-refractivity contribution is 7.13. The van der Waals surface area contributed by atoms with Crippen molar-refractivity contribution >= 4 is 28.8 Å². The lowest BCUT2D eigenvalue weighted by Gasteiger charge is -2.37. The van der Waals surface area contributed by atoms with E-state index in [1.807, 2.05) is 17.5 Å². The lowest BCUT2D eigenvalue weighted by atomic mass is 9.98. The predicted octanol–water partition coefficient (Wildman–Crippen LogP) is 3.00. The predicted molar refractivity (Wildman–Crippen MR) is 97.0 cm³/mol. The third-order valence-corrected chi connectivity index (χ3v) is 5.02. The van der Waals surface area contributed by atoms with Gasteiger partial charge >= 0.3 is 0 Å². The molecule has 1 aliphatic heterocycles. The number of hydrogen-bond donors (Lipinski definition) is 1. The summed E-state index contributed by atoms with van der Waals surface area (Å²) in [6.07, 6.45) is 0. The fraction of sp³-hybridized carbons (Fsp3) is 0.222. The summed E-state index contributed by atoms with van der Waals surface area (Å²) in [6.45, 7) is 2.55. The van der Waals surface area contributed by atoms with Crippen LogP contribution in [0.25, 0.3) is 10.7 Å². The molecule has 0 radical (unpaired) electrons. The molecule has 1 aliphatic rings.